The van der Waals surface area contributed by atoms with Crippen molar-refractivity contribution in [2.24, 2.45) is 0 Å². The van der Waals surface area contributed by atoms with Crippen LogP contribution >= 0.6 is 22.7 Å². The second-order valence-electron chi connectivity index (χ2n) is 36.2. The number of ether oxygens (including phenoxy) is 4. The molecule has 0 atom stereocenters. The molecule has 12 nitrogen and oxygen atoms in total. The molecule has 0 radical (unpaired) electrons. The van der Waals surface area contributed by atoms with Gasteiger partial charge in [0.1, 0.15) is 29.6 Å². The number of carboxylic acid groups (broad SMARTS) is 4. The molecule has 696 valence electrons. The van der Waals surface area contributed by atoms with Gasteiger partial charge in [0.25, 0.3) is 6.43 Å². The smallest absolute Gasteiger partial charge is 0.422 e. The molecule has 23 heteroatoms. The third kappa shape index (κ3) is 36.7. The van der Waals surface area contributed by atoms with E-state index in [-0.39, 0.29) is 47.1 Å². The average Bonchev–Trinajstić information content (AvgIpc) is 1.78. The number of halogens is 9. The number of thiophene rings is 2. The fraction of sp³-hybridized carbons (Fsp3) is 0.462. The molecule has 127 heavy (non-hydrogen) atoms. The number of carbonyl (C=O) groups is 4. The minimum Gasteiger partial charge on any atom is -0.493 e. The van der Waals surface area contributed by atoms with Crippen molar-refractivity contribution in [1.82, 2.24) is 0 Å². The minimum absolute atomic E-state index is 0.0309. The first-order valence-electron chi connectivity index (χ1n) is 43.1. The molecular formula is C104H133F9O12S2. The molecule has 1 aliphatic carbocycles. The van der Waals surface area contributed by atoms with Gasteiger partial charge in [0.15, 0.2) is 6.61 Å². The van der Waals surface area contributed by atoms with Gasteiger partial charge in [0.2, 0.25) is 0 Å². The Labute approximate surface area is 755 Å². The summed E-state index contributed by atoms with van der Waals surface area (Å²) in [6.45, 7) is 43.6. The zero-order chi connectivity index (χ0) is 95.9. The quantitative estimate of drug-likeness (QED) is 0.0126. The highest BCUT2D eigenvalue weighted by atomic mass is 32.1. The Hall–Kier alpha value is -9.87. The van der Waals surface area contributed by atoms with Crippen LogP contribution in [-0.4, -0.2) is 96.2 Å². The summed E-state index contributed by atoms with van der Waals surface area (Å²) in [6, 6.07) is 20.6. The van der Waals surface area contributed by atoms with Crippen LogP contribution in [0.2, 0.25) is 0 Å². The van der Waals surface area contributed by atoms with Crippen LogP contribution < -0.4 is 18.9 Å². The molecule has 2 aromatic heterocycles. The van der Waals surface area contributed by atoms with Gasteiger partial charge in [-0.05, 0) is 240 Å². The van der Waals surface area contributed by atoms with Crippen molar-refractivity contribution < 1.29 is 98.1 Å². The molecule has 0 saturated heterocycles. The molecular weight excluding hydrogens is 1680 g/mol. The summed E-state index contributed by atoms with van der Waals surface area (Å²) < 4.78 is 139. The number of carboxylic acids is 4. The maximum absolute atomic E-state index is 13.1. The van der Waals surface area contributed by atoms with E-state index in [9.17, 15) is 58.7 Å². The van der Waals surface area contributed by atoms with Gasteiger partial charge < -0.3 is 39.4 Å². The number of hydrogen-bond acceptors (Lipinski definition) is 10. The van der Waals surface area contributed by atoms with Crippen LogP contribution in [-0.2, 0) is 59.1 Å². The molecule has 1 aliphatic rings. The summed E-state index contributed by atoms with van der Waals surface area (Å²) in [5, 5.41) is 39.5. The number of allylic oxidation sites excluding steroid dienone is 14. The van der Waals surface area contributed by atoms with Crippen molar-refractivity contribution in [3.8, 4) is 45.3 Å². The highest BCUT2D eigenvalue weighted by molar-refractivity contribution is 7.11. The van der Waals surface area contributed by atoms with Crippen molar-refractivity contribution in [2.75, 3.05) is 33.1 Å². The highest BCUT2D eigenvalue weighted by Crippen LogP contribution is 2.49. The van der Waals surface area contributed by atoms with Gasteiger partial charge >= 0.3 is 36.2 Å². The van der Waals surface area contributed by atoms with Crippen molar-refractivity contribution in [3.05, 3.63) is 232 Å². The maximum atomic E-state index is 13.1. The van der Waals surface area contributed by atoms with Gasteiger partial charge in [-0.3, -0.25) is 4.39 Å². The third-order valence-corrected chi connectivity index (χ3v) is 23.4. The predicted molar refractivity (Wildman–Crippen MR) is 504 cm³/mol. The van der Waals surface area contributed by atoms with E-state index in [2.05, 4.69) is 106 Å². The molecule has 2 heterocycles. The summed E-state index contributed by atoms with van der Waals surface area (Å²) in [5.41, 5.74) is 16.3. The van der Waals surface area contributed by atoms with Crippen LogP contribution in [0.25, 0.3) is 45.6 Å². The Kier molecular flexibility index (Phi) is 42.8. The van der Waals surface area contributed by atoms with E-state index >= 15 is 0 Å². The van der Waals surface area contributed by atoms with Crippen LogP contribution in [0.5, 0.6) is 23.0 Å². The zero-order valence-electron chi connectivity index (χ0n) is 78.3. The second kappa shape index (κ2) is 49.6. The fourth-order valence-electron chi connectivity index (χ4n) is 13.6. The summed E-state index contributed by atoms with van der Waals surface area (Å²) in [7, 11) is 0. The van der Waals surface area contributed by atoms with E-state index in [1.807, 2.05) is 114 Å². The monoisotopic (exact) mass is 1810 g/mol. The Bertz CT molecular complexity index is 5000. The number of hydrogen-bond donors (Lipinski definition) is 4. The van der Waals surface area contributed by atoms with E-state index in [0.717, 1.165) is 121 Å². The summed E-state index contributed by atoms with van der Waals surface area (Å²) in [6.07, 6.45) is 18.8. The number of aryl methyl sites for hydroxylation is 2. The summed E-state index contributed by atoms with van der Waals surface area (Å²) in [5.74, 6) is -1.31. The standard InChI is InChI=1S/C27H38F2O3.C26H31F3O3S.C26H31FO3S.C25H33F3O3/c1-9-26(5,6)20-15-21(19(4)13-11-12-18(3)14-24(30)31)25(32-17-23(28)29)22(16-20)27(7,8)10-2;1-6-18-15-20(19-10-13-33-22(19)9-8-17(2)14-23(30)31)24(21(16-18)25(3,4)5)32-12-7-11-26(27,28)29;1-3-19-16-22(20-7-4-5-8-20)26(30-13-6-12-27)23(17-19)21-11-14-31-24(21)10-9-18(2)15-25(28)29;1-16(12-21(29)30)10-9-11-17(2)19-13-18(23(3,4)5)14-20(24(6,7)8)22(19)31-15-25(26,27)28/h11-16,23H,9-10,17H2,1-8H3,(H,30,31);8-10,13-16H,6-7,11-12H2,1-5H3,(H,30,31);9-11,14-17,20H,3-8,12-13H2,1-2H3,(H,28,29);9-14H,15H2,1-8H3,(H,29,30)/b12-11+,18-14+,19-13-;9-8+,17-14+;10-9+,18-15+;10-9+,16-12+,17-11-. The molecule has 4 N–H and O–H groups in total. The molecule has 7 rings (SSSR count). The summed E-state index contributed by atoms with van der Waals surface area (Å²) >= 11 is 3.12. The second-order valence-corrected chi connectivity index (χ2v) is 38.1. The number of alkyl halides is 9. The number of aliphatic carboxylic acids is 4. The third-order valence-electron chi connectivity index (χ3n) is 21.6. The lowest BCUT2D eigenvalue weighted by atomic mass is 9.74. The molecule has 1 fully saturated rings. The van der Waals surface area contributed by atoms with Crippen LogP contribution in [0.4, 0.5) is 39.5 Å². The van der Waals surface area contributed by atoms with E-state index in [1.165, 1.54) is 54.2 Å². The first-order valence-corrected chi connectivity index (χ1v) is 44.9. The van der Waals surface area contributed by atoms with E-state index in [1.54, 1.807) is 82.4 Å². The van der Waals surface area contributed by atoms with E-state index < -0.39 is 67.7 Å². The maximum Gasteiger partial charge on any atom is 0.422 e. The van der Waals surface area contributed by atoms with Crippen LogP contribution in [0.3, 0.4) is 0 Å². The van der Waals surface area contributed by atoms with Crippen molar-refractivity contribution in [2.45, 2.75) is 282 Å². The fourth-order valence-corrected chi connectivity index (χ4v) is 15.2. The van der Waals surface area contributed by atoms with Gasteiger partial charge in [-0.2, -0.15) is 26.3 Å². The lowest BCUT2D eigenvalue weighted by Crippen LogP contribution is -2.23. The number of rotatable bonds is 36. The average molecular weight is 1810 g/mol. The molecule has 0 aliphatic heterocycles. The van der Waals surface area contributed by atoms with Gasteiger partial charge in [-0.25, -0.2) is 28.0 Å². The van der Waals surface area contributed by atoms with Gasteiger partial charge in [-0.1, -0.05) is 203 Å². The topological polar surface area (TPSA) is 186 Å². The largest absolute Gasteiger partial charge is 0.493 e. The van der Waals surface area contributed by atoms with Gasteiger partial charge in [0, 0.05) is 97.0 Å². The Morgan fingerprint density at radius 3 is 1.28 bits per heavy atom. The zero-order valence-corrected chi connectivity index (χ0v) is 79.9. The van der Waals surface area contributed by atoms with Crippen LogP contribution in [0.1, 0.15) is 288 Å². The van der Waals surface area contributed by atoms with Crippen molar-refractivity contribution in [1.29, 1.82) is 0 Å². The van der Waals surface area contributed by atoms with Crippen LogP contribution in [0.15, 0.2) is 167 Å². The first kappa shape index (κ1) is 109. The lowest BCUT2D eigenvalue weighted by molar-refractivity contribution is -0.153. The Balaban J connectivity index is 0.000000355. The van der Waals surface area contributed by atoms with Crippen molar-refractivity contribution in [3.63, 3.8) is 0 Å². The van der Waals surface area contributed by atoms with Crippen molar-refractivity contribution >= 4 is 69.8 Å². The predicted octanol–water partition coefficient (Wildman–Crippen LogP) is 30.4. The van der Waals surface area contributed by atoms with Crippen LogP contribution in [0, 0.1) is 0 Å². The lowest BCUT2D eigenvalue weighted by Gasteiger charge is -2.32. The number of benzene rings is 4. The van der Waals surface area contributed by atoms with Gasteiger partial charge in [0.05, 0.1) is 19.9 Å². The van der Waals surface area contributed by atoms with E-state index in [4.69, 9.17) is 39.4 Å². The molecule has 0 unspecified atom stereocenters. The molecule has 0 bridgehead atoms. The SMILES string of the molecule is C/C(=C/C=C/C(C)=C/C(=O)O)c1cc(C(C)(C)C)cc(C(C)(C)C)c1OCC(F)(F)F.CCC(C)(C)c1cc(\C(C)=C/C=C/C(C)=C/C(=O)O)c(OCC(F)F)c(C(C)(C)CC)c1.CCc1cc(-c2ccsc2/C=C/C(C)=C/C(=O)O)c(OCCCC(F)(F)F)c(C(C)(C)C)c1.CCc1cc(-c2ccsc2/C=C/C(C)=C/C(=O)O)c(OCCCF)c(C2CCCC2)c1. The summed E-state index contributed by atoms with van der Waals surface area (Å²) in [4.78, 5) is 45.4. The Morgan fingerprint density at radius 1 is 0.465 bits per heavy atom. The molecule has 6 aromatic rings. The first-order chi connectivity index (χ1) is 59.0. The van der Waals surface area contributed by atoms with E-state index in [0.29, 0.717) is 69.4 Å². The highest BCUT2D eigenvalue weighted by Gasteiger charge is 2.35. The normalized spacial score (nSPS) is 14.1. The van der Waals surface area contributed by atoms with Gasteiger partial charge in [-0.15, -0.1) is 22.7 Å². The molecule has 1 saturated carbocycles. The Morgan fingerprint density at radius 2 is 0.874 bits per heavy atom. The molecule has 0 spiro atoms. The minimum atomic E-state index is -4.45. The molecule has 0 amide bonds. The molecule has 4 aromatic carbocycles.